The van der Waals surface area contributed by atoms with Gasteiger partial charge in [0.05, 0.1) is 5.56 Å². The first-order chi connectivity index (χ1) is 10.8. The molecule has 0 radical (unpaired) electrons. The fraction of sp³-hybridized carbons (Fsp3) is 0.278. The fourth-order valence-electron chi connectivity index (χ4n) is 2.00. The Bertz CT molecular complexity index is 697. The molecule has 0 bridgehead atoms. The predicted octanol–water partition coefficient (Wildman–Crippen LogP) is 2.66. The number of ketones is 1. The highest BCUT2D eigenvalue weighted by Gasteiger charge is 2.16. The third kappa shape index (κ3) is 4.39. The topological polar surface area (TPSA) is 70.3 Å². The van der Waals surface area contributed by atoms with Crippen LogP contribution in [-0.2, 0) is 10.2 Å². The number of esters is 1. The quantitative estimate of drug-likeness (QED) is 0.376. The Morgan fingerprint density at radius 3 is 2.09 bits per heavy atom. The minimum Gasteiger partial charge on any atom is -0.619 e. The Labute approximate surface area is 135 Å². The SMILES string of the molecule is CC(C)(C)c1ccc(C(=O)COC(=O)c2cc[n+]([O-])cc2)cc1. The molecule has 5 heteroatoms. The molecule has 5 nitrogen and oxygen atoms in total. The molecular formula is C18H19NO4. The molecule has 0 saturated carbocycles. The van der Waals surface area contributed by atoms with Crippen LogP contribution in [0.2, 0.25) is 0 Å². The third-order valence-corrected chi connectivity index (χ3v) is 3.44. The number of pyridine rings is 1. The van der Waals surface area contributed by atoms with Crippen molar-refractivity contribution in [1.29, 1.82) is 0 Å². The number of carbonyl (C=O) groups excluding carboxylic acids is 2. The van der Waals surface area contributed by atoms with Gasteiger partial charge < -0.3 is 9.94 Å². The van der Waals surface area contributed by atoms with E-state index in [0.29, 0.717) is 10.3 Å². The van der Waals surface area contributed by atoms with Crippen molar-refractivity contribution in [2.45, 2.75) is 26.2 Å². The minimum absolute atomic E-state index is 0.0137. The number of aromatic nitrogens is 1. The van der Waals surface area contributed by atoms with E-state index in [-0.39, 0.29) is 23.4 Å². The van der Waals surface area contributed by atoms with E-state index in [9.17, 15) is 14.8 Å². The van der Waals surface area contributed by atoms with E-state index in [1.807, 2.05) is 12.1 Å². The molecule has 23 heavy (non-hydrogen) atoms. The Balaban J connectivity index is 1.97. The van der Waals surface area contributed by atoms with Gasteiger partial charge in [-0.05, 0) is 11.0 Å². The maximum Gasteiger partial charge on any atom is 0.339 e. The first kappa shape index (κ1) is 16.7. The summed E-state index contributed by atoms with van der Waals surface area (Å²) >= 11 is 0. The van der Waals surface area contributed by atoms with Gasteiger partial charge in [-0.2, -0.15) is 4.73 Å². The van der Waals surface area contributed by atoms with Gasteiger partial charge in [0.2, 0.25) is 0 Å². The maximum atomic E-state index is 12.1. The number of Topliss-reactive ketones (excluding diaryl/α,β-unsaturated/α-hetero) is 1. The smallest absolute Gasteiger partial charge is 0.339 e. The van der Waals surface area contributed by atoms with E-state index in [1.54, 1.807) is 12.1 Å². The zero-order chi connectivity index (χ0) is 17.0. The molecule has 1 aromatic heterocycles. The summed E-state index contributed by atoms with van der Waals surface area (Å²) in [5, 5.41) is 10.9. The average Bonchev–Trinajstić information content (AvgIpc) is 2.52. The summed E-state index contributed by atoms with van der Waals surface area (Å²) in [6, 6.07) is 9.97. The molecule has 0 amide bonds. The van der Waals surface area contributed by atoms with Gasteiger partial charge in [0, 0.05) is 17.7 Å². The van der Waals surface area contributed by atoms with Crippen LogP contribution in [0, 0.1) is 5.21 Å². The molecule has 120 valence electrons. The lowest BCUT2D eigenvalue weighted by atomic mass is 9.86. The van der Waals surface area contributed by atoms with Gasteiger partial charge in [-0.15, -0.1) is 0 Å². The lowest BCUT2D eigenvalue weighted by Gasteiger charge is -2.18. The second kappa shape index (κ2) is 6.60. The van der Waals surface area contributed by atoms with E-state index >= 15 is 0 Å². The monoisotopic (exact) mass is 313 g/mol. The van der Waals surface area contributed by atoms with Crippen LogP contribution in [0.25, 0.3) is 0 Å². The number of hydrogen-bond acceptors (Lipinski definition) is 4. The van der Waals surface area contributed by atoms with Gasteiger partial charge in [-0.25, -0.2) is 4.79 Å². The molecule has 0 aliphatic heterocycles. The lowest BCUT2D eigenvalue weighted by Crippen LogP contribution is -2.24. The highest BCUT2D eigenvalue weighted by Crippen LogP contribution is 2.22. The summed E-state index contributed by atoms with van der Waals surface area (Å²) in [7, 11) is 0. The Hall–Kier alpha value is -2.69. The summed E-state index contributed by atoms with van der Waals surface area (Å²) in [4.78, 5) is 23.9. The Morgan fingerprint density at radius 2 is 1.57 bits per heavy atom. The van der Waals surface area contributed by atoms with Crippen molar-refractivity contribution in [3.63, 3.8) is 0 Å². The van der Waals surface area contributed by atoms with Gasteiger partial charge in [0.25, 0.3) is 0 Å². The van der Waals surface area contributed by atoms with E-state index in [4.69, 9.17) is 4.74 Å². The number of nitrogens with zero attached hydrogens (tertiary/aromatic N) is 1. The third-order valence-electron chi connectivity index (χ3n) is 3.44. The summed E-state index contributed by atoms with van der Waals surface area (Å²) in [5.74, 6) is -0.904. The molecule has 0 fully saturated rings. The number of hydrogen-bond donors (Lipinski definition) is 0. The molecule has 0 N–H and O–H groups in total. The maximum absolute atomic E-state index is 12.1. The number of rotatable bonds is 4. The Morgan fingerprint density at radius 1 is 1.00 bits per heavy atom. The molecular weight excluding hydrogens is 294 g/mol. The van der Waals surface area contributed by atoms with Crippen LogP contribution < -0.4 is 4.73 Å². The van der Waals surface area contributed by atoms with Crippen molar-refractivity contribution >= 4 is 11.8 Å². The molecule has 2 rings (SSSR count). The molecule has 1 heterocycles. The lowest BCUT2D eigenvalue weighted by molar-refractivity contribution is -0.605. The zero-order valence-electron chi connectivity index (χ0n) is 13.4. The van der Waals surface area contributed by atoms with Crippen LogP contribution in [0.5, 0.6) is 0 Å². The van der Waals surface area contributed by atoms with Crippen molar-refractivity contribution in [2.75, 3.05) is 6.61 Å². The number of ether oxygens (including phenoxy) is 1. The van der Waals surface area contributed by atoms with Crippen molar-refractivity contribution in [2.24, 2.45) is 0 Å². The predicted molar refractivity (Wildman–Crippen MR) is 85.2 cm³/mol. The second-order valence-corrected chi connectivity index (χ2v) is 6.27. The molecule has 1 aromatic carbocycles. The largest absolute Gasteiger partial charge is 0.619 e. The van der Waals surface area contributed by atoms with Gasteiger partial charge in [-0.3, -0.25) is 4.79 Å². The van der Waals surface area contributed by atoms with E-state index in [1.165, 1.54) is 24.5 Å². The summed E-state index contributed by atoms with van der Waals surface area (Å²) in [5.41, 5.74) is 1.87. The van der Waals surface area contributed by atoms with Gasteiger partial charge >= 0.3 is 5.97 Å². The zero-order valence-corrected chi connectivity index (χ0v) is 13.4. The van der Waals surface area contributed by atoms with Crippen molar-refractivity contribution < 1.29 is 19.1 Å². The van der Waals surface area contributed by atoms with Crippen molar-refractivity contribution in [3.05, 3.63) is 70.7 Å². The number of carbonyl (C=O) groups is 2. The average molecular weight is 313 g/mol. The van der Waals surface area contributed by atoms with Crippen LogP contribution in [-0.4, -0.2) is 18.4 Å². The normalized spacial score (nSPS) is 11.1. The highest BCUT2D eigenvalue weighted by molar-refractivity contribution is 5.99. The van der Waals surface area contributed by atoms with Gasteiger partial charge in [0.1, 0.15) is 0 Å². The Kier molecular flexibility index (Phi) is 4.79. The van der Waals surface area contributed by atoms with Crippen LogP contribution >= 0.6 is 0 Å². The molecule has 2 aromatic rings. The van der Waals surface area contributed by atoms with Crippen LogP contribution in [0.3, 0.4) is 0 Å². The van der Waals surface area contributed by atoms with Crippen molar-refractivity contribution in [3.8, 4) is 0 Å². The molecule has 0 saturated heterocycles. The minimum atomic E-state index is -0.634. The van der Waals surface area contributed by atoms with Crippen molar-refractivity contribution in [1.82, 2.24) is 0 Å². The summed E-state index contributed by atoms with van der Waals surface area (Å²) in [6.07, 6.45) is 2.40. The van der Waals surface area contributed by atoms with Crippen LogP contribution in [0.4, 0.5) is 0 Å². The molecule has 0 aliphatic rings. The first-order valence-electron chi connectivity index (χ1n) is 7.27. The van der Waals surface area contributed by atoms with Gasteiger partial charge in [0.15, 0.2) is 24.8 Å². The fourth-order valence-corrected chi connectivity index (χ4v) is 2.00. The number of benzene rings is 1. The highest BCUT2D eigenvalue weighted by atomic mass is 16.5. The molecule has 0 spiro atoms. The van der Waals surface area contributed by atoms with E-state index < -0.39 is 5.97 Å². The standard InChI is InChI=1S/C18H19NO4/c1-18(2,3)15-6-4-13(5-7-15)16(20)12-23-17(21)14-8-10-19(22)11-9-14/h4-11H,12H2,1-3H3. The molecule has 0 atom stereocenters. The van der Waals surface area contributed by atoms with Crippen LogP contribution in [0.15, 0.2) is 48.8 Å². The van der Waals surface area contributed by atoms with E-state index in [2.05, 4.69) is 20.8 Å². The first-order valence-corrected chi connectivity index (χ1v) is 7.27. The molecule has 0 aliphatic carbocycles. The summed E-state index contributed by atoms with van der Waals surface area (Å²) < 4.78 is 5.55. The van der Waals surface area contributed by atoms with E-state index in [0.717, 1.165) is 5.56 Å². The van der Waals surface area contributed by atoms with Crippen LogP contribution in [0.1, 0.15) is 47.1 Å². The summed E-state index contributed by atoms with van der Waals surface area (Å²) in [6.45, 7) is 5.95. The van der Waals surface area contributed by atoms with Gasteiger partial charge in [-0.1, -0.05) is 45.0 Å². The molecule has 0 unspecified atom stereocenters. The second-order valence-electron chi connectivity index (χ2n) is 6.27.